The van der Waals surface area contributed by atoms with Gasteiger partial charge in [0.2, 0.25) is 5.91 Å². The minimum atomic E-state index is 0.0117. The molecule has 0 aromatic carbocycles. The fourth-order valence-corrected chi connectivity index (χ4v) is 2.95. The molecule has 1 amide bonds. The van der Waals surface area contributed by atoms with Crippen molar-refractivity contribution in [3.05, 3.63) is 41.5 Å². The number of carbonyl (C=O) groups excluding carboxylic acids is 1. The standard InChI is InChI=1S/C18H24N4O3/c1-13-8-14(20-25-13)10-18(23)22-7-5-17(12-22)24-16-4-6-19-15(9-16)11-21(2)3/h4,6,8-9,17H,5,7,10-12H2,1-3H3. The Hall–Kier alpha value is -2.41. The van der Waals surface area contributed by atoms with Crippen LogP contribution < -0.4 is 4.74 Å². The maximum atomic E-state index is 12.4. The average molecular weight is 344 g/mol. The van der Waals surface area contributed by atoms with E-state index in [9.17, 15) is 4.79 Å². The molecule has 2 aromatic rings. The third-order valence-electron chi connectivity index (χ3n) is 4.08. The zero-order chi connectivity index (χ0) is 17.8. The molecule has 1 atom stereocenters. The van der Waals surface area contributed by atoms with Gasteiger partial charge in [0, 0.05) is 37.8 Å². The predicted octanol–water partition coefficient (Wildman–Crippen LogP) is 1.66. The lowest BCUT2D eigenvalue weighted by atomic mass is 10.2. The summed E-state index contributed by atoms with van der Waals surface area (Å²) in [5.41, 5.74) is 1.64. The van der Waals surface area contributed by atoms with Gasteiger partial charge in [0.05, 0.1) is 24.4 Å². The Bertz CT molecular complexity index is 729. The Kier molecular flexibility index (Phi) is 5.33. The molecule has 1 unspecified atom stereocenters. The molecule has 0 spiro atoms. The number of ether oxygens (including phenoxy) is 1. The second-order valence-electron chi connectivity index (χ2n) is 6.69. The monoisotopic (exact) mass is 344 g/mol. The number of aryl methyl sites for hydroxylation is 1. The van der Waals surface area contributed by atoms with Gasteiger partial charge in [-0.25, -0.2) is 0 Å². The summed E-state index contributed by atoms with van der Waals surface area (Å²) in [6.07, 6.45) is 2.87. The van der Waals surface area contributed by atoms with E-state index in [0.717, 1.165) is 30.2 Å². The zero-order valence-electron chi connectivity index (χ0n) is 14.9. The van der Waals surface area contributed by atoms with E-state index in [4.69, 9.17) is 9.26 Å². The first-order valence-electron chi connectivity index (χ1n) is 8.46. The molecule has 0 saturated carbocycles. The quantitative estimate of drug-likeness (QED) is 0.794. The summed E-state index contributed by atoms with van der Waals surface area (Å²) in [5, 5.41) is 3.88. The SMILES string of the molecule is Cc1cc(CC(=O)N2CCC(Oc3ccnc(CN(C)C)c3)C2)no1. The fraction of sp³-hybridized carbons (Fsp3) is 0.500. The Labute approximate surface area is 147 Å². The molecule has 0 bridgehead atoms. The van der Waals surface area contributed by atoms with Crippen LogP contribution in [0.25, 0.3) is 0 Å². The molecule has 3 heterocycles. The number of pyridine rings is 1. The maximum Gasteiger partial charge on any atom is 0.228 e. The van der Waals surface area contributed by atoms with Crippen LogP contribution in [-0.2, 0) is 17.8 Å². The average Bonchev–Trinajstić information content (AvgIpc) is 3.16. The van der Waals surface area contributed by atoms with Gasteiger partial charge >= 0.3 is 0 Å². The molecule has 1 fully saturated rings. The summed E-state index contributed by atoms with van der Waals surface area (Å²) < 4.78 is 11.1. The highest BCUT2D eigenvalue weighted by atomic mass is 16.5. The van der Waals surface area contributed by atoms with E-state index in [1.807, 2.05) is 38.1 Å². The molecule has 1 saturated heterocycles. The highest BCUT2D eigenvalue weighted by Crippen LogP contribution is 2.20. The number of nitrogens with zero attached hydrogens (tertiary/aromatic N) is 4. The molecule has 0 N–H and O–H groups in total. The van der Waals surface area contributed by atoms with Crippen LogP contribution >= 0.6 is 0 Å². The lowest BCUT2D eigenvalue weighted by Gasteiger charge is -2.17. The third-order valence-corrected chi connectivity index (χ3v) is 4.08. The molecule has 25 heavy (non-hydrogen) atoms. The van der Waals surface area contributed by atoms with Crippen molar-refractivity contribution >= 4 is 5.91 Å². The lowest BCUT2D eigenvalue weighted by Crippen LogP contribution is -2.32. The zero-order valence-corrected chi connectivity index (χ0v) is 14.9. The molecule has 134 valence electrons. The first-order chi connectivity index (χ1) is 12.0. The Morgan fingerprint density at radius 3 is 2.96 bits per heavy atom. The van der Waals surface area contributed by atoms with Crippen LogP contribution in [0.4, 0.5) is 0 Å². The first-order valence-corrected chi connectivity index (χ1v) is 8.46. The van der Waals surface area contributed by atoms with E-state index in [-0.39, 0.29) is 18.4 Å². The van der Waals surface area contributed by atoms with E-state index in [1.165, 1.54) is 0 Å². The highest BCUT2D eigenvalue weighted by molar-refractivity contribution is 5.78. The van der Waals surface area contributed by atoms with Crippen molar-refractivity contribution in [2.45, 2.75) is 32.4 Å². The molecule has 1 aliphatic heterocycles. The molecule has 3 rings (SSSR count). The van der Waals surface area contributed by atoms with Crippen molar-refractivity contribution in [2.75, 3.05) is 27.2 Å². The topological polar surface area (TPSA) is 71.7 Å². The number of hydrogen-bond donors (Lipinski definition) is 0. The van der Waals surface area contributed by atoms with E-state index in [0.29, 0.717) is 18.8 Å². The van der Waals surface area contributed by atoms with Gasteiger partial charge in [0.15, 0.2) is 0 Å². The summed E-state index contributed by atoms with van der Waals surface area (Å²) in [5.74, 6) is 1.58. The van der Waals surface area contributed by atoms with Crippen LogP contribution in [0, 0.1) is 6.92 Å². The van der Waals surface area contributed by atoms with Gasteiger partial charge in [-0.3, -0.25) is 9.78 Å². The van der Waals surface area contributed by atoms with Crippen molar-refractivity contribution in [1.29, 1.82) is 0 Å². The molecule has 0 radical (unpaired) electrons. The number of carbonyl (C=O) groups is 1. The molecule has 0 aliphatic carbocycles. The Morgan fingerprint density at radius 1 is 1.40 bits per heavy atom. The van der Waals surface area contributed by atoms with Gasteiger partial charge in [-0.15, -0.1) is 0 Å². The lowest BCUT2D eigenvalue weighted by molar-refractivity contribution is -0.129. The van der Waals surface area contributed by atoms with Gasteiger partial charge < -0.3 is 19.1 Å². The number of amides is 1. The van der Waals surface area contributed by atoms with Gasteiger partial charge in [-0.1, -0.05) is 5.16 Å². The van der Waals surface area contributed by atoms with Crippen LogP contribution in [0.5, 0.6) is 5.75 Å². The number of rotatable bonds is 6. The van der Waals surface area contributed by atoms with Gasteiger partial charge in [-0.05, 0) is 27.1 Å². The number of aromatic nitrogens is 2. The largest absolute Gasteiger partial charge is 0.488 e. The van der Waals surface area contributed by atoms with Crippen LogP contribution in [0.15, 0.2) is 28.9 Å². The van der Waals surface area contributed by atoms with Crippen molar-refractivity contribution in [3.8, 4) is 5.75 Å². The Morgan fingerprint density at radius 2 is 2.24 bits per heavy atom. The summed E-state index contributed by atoms with van der Waals surface area (Å²) in [6, 6.07) is 5.62. The van der Waals surface area contributed by atoms with Crippen LogP contribution in [0.2, 0.25) is 0 Å². The van der Waals surface area contributed by atoms with E-state index in [2.05, 4.69) is 15.0 Å². The Balaban J connectivity index is 1.53. The fourth-order valence-electron chi connectivity index (χ4n) is 2.95. The molecule has 7 nitrogen and oxygen atoms in total. The van der Waals surface area contributed by atoms with Crippen LogP contribution in [0.3, 0.4) is 0 Å². The van der Waals surface area contributed by atoms with Crippen LogP contribution in [0.1, 0.15) is 23.6 Å². The van der Waals surface area contributed by atoms with Crippen molar-refractivity contribution in [2.24, 2.45) is 0 Å². The van der Waals surface area contributed by atoms with Crippen molar-refractivity contribution in [3.63, 3.8) is 0 Å². The number of hydrogen-bond acceptors (Lipinski definition) is 6. The first kappa shape index (κ1) is 17.4. The van der Waals surface area contributed by atoms with E-state index < -0.39 is 0 Å². The van der Waals surface area contributed by atoms with Crippen LogP contribution in [-0.4, -0.2) is 59.1 Å². The summed E-state index contributed by atoms with van der Waals surface area (Å²) in [4.78, 5) is 20.6. The maximum absolute atomic E-state index is 12.4. The van der Waals surface area contributed by atoms with E-state index in [1.54, 1.807) is 12.3 Å². The van der Waals surface area contributed by atoms with E-state index >= 15 is 0 Å². The van der Waals surface area contributed by atoms with Crippen molar-refractivity contribution < 1.29 is 14.1 Å². The van der Waals surface area contributed by atoms with Gasteiger partial charge in [0.25, 0.3) is 0 Å². The summed E-state index contributed by atoms with van der Waals surface area (Å²) >= 11 is 0. The normalized spacial score (nSPS) is 17.3. The molecular weight excluding hydrogens is 320 g/mol. The second kappa shape index (κ2) is 7.65. The van der Waals surface area contributed by atoms with Crippen molar-refractivity contribution in [1.82, 2.24) is 19.9 Å². The van der Waals surface area contributed by atoms with Gasteiger partial charge in [-0.2, -0.15) is 0 Å². The smallest absolute Gasteiger partial charge is 0.228 e. The number of likely N-dealkylation sites (tertiary alicyclic amines) is 1. The predicted molar refractivity (Wildman–Crippen MR) is 92.2 cm³/mol. The third kappa shape index (κ3) is 4.79. The minimum Gasteiger partial charge on any atom is -0.488 e. The summed E-state index contributed by atoms with van der Waals surface area (Å²) in [7, 11) is 4.01. The second-order valence-corrected chi connectivity index (χ2v) is 6.69. The van der Waals surface area contributed by atoms with Gasteiger partial charge in [0.1, 0.15) is 17.6 Å². The summed E-state index contributed by atoms with van der Waals surface area (Å²) in [6.45, 7) is 3.89. The minimum absolute atomic E-state index is 0.0117. The molecule has 2 aromatic heterocycles. The molecular formula is C18H24N4O3. The highest BCUT2D eigenvalue weighted by Gasteiger charge is 2.28. The molecule has 1 aliphatic rings. The molecule has 7 heteroatoms.